The van der Waals surface area contributed by atoms with Crippen LogP contribution >= 0.6 is 15.9 Å². The molecule has 6 nitrogen and oxygen atoms in total. The van der Waals surface area contributed by atoms with Crippen LogP contribution in [0.15, 0.2) is 27.9 Å². The molecule has 0 saturated heterocycles. The Hall–Kier alpha value is -2.15. The standard InChI is InChI=1S/C24H29BrO6/c1-23(2)8-14(26)20(15(27)9-23)19(12-6-13(25)22(30)18(7-12)31-5)21-16(28)10-24(3,4)11-17(21)29/h6-7,19-20,28,30H,8-11H2,1-5H3/t19-/m0/s1. The fourth-order valence-corrected chi connectivity index (χ4v) is 5.35. The maximum Gasteiger partial charge on any atom is 0.172 e. The Balaban J connectivity index is 2.24. The monoisotopic (exact) mass is 492 g/mol. The Labute approximate surface area is 190 Å². The molecule has 7 heteroatoms. The second-order valence-electron chi connectivity index (χ2n) is 10.3. The molecule has 2 aliphatic rings. The normalized spacial score (nSPS) is 22.6. The minimum atomic E-state index is -1.07. The summed E-state index contributed by atoms with van der Waals surface area (Å²) in [6.45, 7) is 7.54. The lowest BCUT2D eigenvalue weighted by molar-refractivity contribution is -0.140. The largest absolute Gasteiger partial charge is 0.512 e. The molecule has 0 unspecified atom stereocenters. The van der Waals surface area contributed by atoms with Crippen molar-refractivity contribution >= 4 is 33.3 Å². The second kappa shape index (κ2) is 8.08. The first-order chi connectivity index (χ1) is 14.3. The van der Waals surface area contributed by atoms with Gasteiger partial charge in [0, 0.05) is 37.2 Å². The van der Waals surface area contributed by atoms with E-state index in [1.165, 1.54) is 13.2 Å². The van der Waals surface area contributed by atoms with Crippen LogP contribution in [-0.4, -0.2) is 34.7 Å². The van der Waals surface area contributed by atoms with Crippen LogP contribution in [0.1, 0.15) is 64.9 Å². The fourth-order valence-electron chi connectivity index (χ4n) is 4.89. The molecular formula is C24H29BrO6. The molecule has 2 N–H and O–H groups in total. The van der Waals surface area contributed by atoms with Crippen molar-refractivity contribution in [2.75, 3.05) is 7.11 Å². The predicted molar refractivity (Wildman–Crippen MR) is 119 cm³/mol. The Kier molecular flexibility index (Phi) is 6.13. The average molecular weight is 493 g/mol. The van der Waals surface area contributed by atoms with Gasteiger partial charge in [0.1, 0.15) is 17.3 Å². The smallest absolute Gasteiger partial charge is 0.172 e. The number of ether oxygens (including phenoxy) is 1. The first kappa shape index (κ1) is 23.5. The van der Waals surface area contributed by atoms with Crippen molar-refractivity contribution in [1.82, 2.24) is 0 Å². The molecule has 1 saturated carbocycles. The van der Waals surface area contributed by atoms with Crippen molar-refractivity contribution in [3.8, 4) is 11.5 Å². The first-order valence-electron chi connectivity index (χ1n) is 10.3. The molecule has 0 spiro atoms. The lowest BCUT2D eigenvalue weighted by Gasteiger charge is -2.39. The topological polar surface area (TPSA) is 101 Å². The number of Topliss-reactive ketones (excluding diaryl/α,β-unsaturated/α-hetero) is 3. The van der Waals surface area contributed by atoms with Gasteiger partial charge in [-0.25, -0.2) is 0 Å². The van der Waals surface area contributed by atoms with Gasteiger partial charge in [0.15, 0.2) is 17.3 Å². The van der Waals surface area contributed by atoms with Crippen molar-refractivity contribution in [1.29, 1.82) is 0 Å². The zero-order chi connectivity index (χ0) is 23.3. The molecule has 1 fully saturated rings. The maximum atomic E-state index is 13.2. The zero-order valence-electron chi connectivity index (χ0n) is 18.5. The molecule has 31 heavy (non-hydrogen) atoms. The Morgan fingerprint density at radius 2 is 1.52 bits per heavy atom. The van der Waals surface area contributed by atoms with E-state index < -0.39 is 22.7 Å². The van der Waals surface area contributed by atoms with Crippen LogP contribution in [0.5, 0.6) is 11.5 Å². The summed E-state index contributed by atoms with van der Waals surface area (Å²) < 4.78 is 5.56. The number of benzene rings is 1. The summed E-state index contributed by atoms with van der Waals surface area (Å²) in [5.74, 6) is -2.83. The lowest BCUT2D eigenvalue weighted by atomic mass is 9.62. The van der Waals surface area contributed by atoms with E-state index in [0.29, 0.717) is 10.0 Å². The molecule has 0 radical (unpaired) electrons. The number of allylic oxidation sites excluding steroid dienone is 2. The average Bonchev–Trinajstić information content (AvgIpc) is 2.59. The second-order valence-corrected chi connectivity index (χ2v) is 11.1. The highest BCUT2D eigenvalue weighted by molar-refractivity contribution is 9.10. The first-order valence-corrected chi connectivity index (χ1v) is 11.1. The summed E-state index contributed by atoms with van der Waals surface area (Å²) in [6.07, 6.45) is 0.912. The van der Waals surface area contributed by atoms with E-state index in [2.05, 4.69) is 15.9 Å². The van der Waals surface area contributed by atoms with Gasteiger partial charge in [-0.1, -0.05) is 27.7 Å². The summed E-state index contributed by atoms with van der Waals surface area (Å²) in [5, 5.41) is 21.1. The number of hydrogen-bond acceptors (Lipinski definition) is 6. The third kappa shape index (κ3) is 4.56. The Morgan fingerprint density at radius 1 is 0.968 bits per heavy atom. The number of methoxy groups -OCH3 is 1. The van der Waals surface area contributed by atoms with Crippen molar-refractivity contribution in [3.63, 3.8) is 0 Å². The molecule has 0 amide bonds. The van der Waals surface area contributed by atoms with Crippen LogP contribution in [-0.2, 0) is 14.4 Å². The molecule has 3 rings (SSSR count). The number of ketones is 3. The van der Waals surface area contributed by atoms with E-state index in [1.807, 2.05) is 27.7 Å². The number of carbonyl (C=O) groups is 3. The number of halogens is 1. The Morgan fingerprint density at radius 3 is 2.03 bits per heavy atom. The SMILES string of the molecule is COc1cc([C@H](C2=C(O)CC(C)(C)CC2=O)C2C(=O)CC(C)(C)CC2=O)cc(Br)c1O. The van der Waals surface area contributed by atoms with Gasteiger partial charge in [0.2, 0.25) is 0 Å². The Bertz CT molecular complexity index is 968. The molecule has 0 heterocycles. The summed E-state index contributed by atoms with van der Waals surface area (Å²) in [5.41, 5.74) is -0.282. The maximum absolute atomic E-state index is 13.2. The predicted octanol–water partition coefficient (Wildman–Crippen LogP) is 5.02. The van der Waals surface area contributed by atoms with E-state index in [4.69, 9.17) is 4.74 Å². The van der Waals surface area contributed by atoms with E-state index in [0.717, 1.165) is 0 Å². The highest BCUT2D eigenvalue weighted by Crippen LogP contribution is 2.49. The number of hydrogen-bond donors (Lipinski definition) is 2. The molecular weight excluding hydrogens is 464 g/mol. The van der Waals surface area contributed by atoms with Crippen molar-refractivity contribution in [3.05, 3.63) is 33.5 Å². The quantitative estimate of drug-likeness (QED) is 0.572. The number of aliphatic hydroxyl groups is 1. The van der Waals surface area contributed by atoms with Gasteiger partial charge in [-0.15, -0.1) is 0 Å². The minimum absolute atomic E-state index is 0.0835. The minimum Gasteiger partial charge on any atom is -0.512 e. The van der Waals surface area contributed by atoms with E-state index in [-0.39, 0.29) is 65.9 Å². The molecule has 1 atom stereocenters. The van der Waals surface area contributed by atoms with Crippen LogP contribution in [0.2, 0.25) is 0 Å². The van der Waals surface area contributed by atoms with Gasteiger partial charge in [0.05, 0.1) is 17.5 Å². The van der Waals surface area contributed by atoms with Gasteiger partial charge < -0.3 is 14.9 Å². The highest BCUT2D eigenvalue weighted by atomic mass is 79.9. The lowest BCUT2D eigenvalue weighted by Crippen LogP contribution is -2.43. The molecule has 168 valence electrons. The zero-order valence-corrected chi connectivity index (χ0v) is 20.1. The van der Waals surface area contributed by atoms with Crippen molar-refractivity contribution < 1.29 is 29.3 Å². The summed E-state index contributed by atoms with van der Waals surface area (Å²) in [7, 11) is 1.39. The van der Waals surface area contributed by atoms with Crippen molar-refractivity contribution in [2.45, 2.75) is 59.3 Å². The van der Waals surface area contributed by atoms with Gasteiger partial charge in [-0.2, -0.15) is 0 Å². The molecule has 1 aromatic rings. The molecule has 2 aliphatic carbocycles. The third-order valence-corrected chi connectivity index (χ3v) is 6.77. The molecule has 0 bridgehead atoms. The number of phenols is 1. The van der Waals surface area contributed by atoms with Gasteiger partial charge in [-0.05, 0) is 44.5 Å². The molecule has 1 aromatic carbocycles. The van der Waals surface area contributed by atoms with Crippen molar-refractivity contribution in [2.24, 2.45) is 16.7 Å². The molecule has 0 aromatic heterocycles. The van der Waals surface area contributed by atoms with Gasteiger partial charge in [0.25, 0.3) is 0 Å². The summed E-state index contributed by atoms with van der Waals surface area (Å²) in [4.78, 5) is 39.6. The van der Waals surface area contributed by atoms with Crippen LogP contribution in [0.25, 0.3) is 0 Å². The van der Waals surface area contributed by atoms with Gasteiger partial charge in [-0.3, -0.25) is 14.4 Å². The fraction of sp³-hybridized carbons (Fsp3) is 0.542. The number of phenolic OH excluding ortho intramolecular Hbond substituents is 1. The summed E-state index contributed by atoms with van der Waals surface area (Å²) in [6, 6.07) is 3.11. The third-order valence-electron chi connectivity index (χ3n) is 6.17. The van der Waals surface area contributed by atoms with E-state index >= 15 is 0 Å². The van der Waals surface area contributed by atoms with Gasteiger partial charge >= 0.3 is 0 Å². The van der Waals surface area contributed by atoms with E-state index in [9.17, 15) is 24.6 Å². The van der Waals surface area contributed by atoms with Crippen LogP contribution < -0.4 is 4.74 Å². The number of aromatic hydroxyl groups is 1. The van der Waals surface area contributed by atoms with E-state index in [1.54, 1.807) is 6.07 Å². The van der Waals surface area contributed by atoms with Crippen LogP contribution in [0.4, 0.5) is 0 Å². The molecule has 0 aliphatic heterocycles. The number of aliphatic hydroxyl groups excluding tert-OH is 1. The summed E-state index contributed by atoms with van der Waals surface area (Å²) >= 11 is 3.29. The van der Waals surface area contributed by atoms with Crippen LogP contribution in [0, 0.1) is 16.7 Å². The number of carbonyl (C=O) groups excluding carboxylic acids is 3. The van der Waals surface area contributed by atoms with Crippen LogP contribution in [0.3, 0.4) is 0 Å². The number of rotatable bonds is 4. The highest BCUT2D eigenvalue weighted by Gasteiger charge is 2.48.